The summed E-state index contributed by atoms with van der Waals surface area (Å²) in [4.78, 5) is 34.5. The van der Waals surface area contributed by atoms with Crippen LogP contribution in [0.2, 0.25) is 0 Å². The van der Waals surface area contributed by atoms with Gasteiger partial charge in [0.2, 0.25) is 0 Å². The average Bonchev–Trinajstić information content (AvgIpc) is 3.40. The second-order valence-corrected chi connectivity index (χ2v) is 10.2. The van der Waals surface area contributed by atoms with Gasteiger partial charge in [0.05, 0.1) is 5.69 Å². The van der Waals surface area contributed by atoms with Crippen molar-refractivity contribution in [3.63, 3.8) is 0 Å². The maximum atomic E-state index is 12.9. The quantitative estimate of drug-likeness (QED) is 0.208. The van der Waals surface area contributed by atoms with Crippen LogP contribution in [0.4, 0.5) is 22.0 Å². The number of para-hydroxylation sites is 2. The van der Waals surface area contributed by atoms with Gasteiger partial charge in [-0.3, -0.25) is 4.79 Å². The Morgan fingerprint density at radius 2 is 1.64 bits per heavy atom. The van der Waals surface area contributed by atoms with E-state index in [2.05, 4.69) is 20.6 Å². The second-order valence-electron chi connectivity index (χ2n) is 10.2. The minimum absolute atomic E-state index is 0.258. The first-order chi connectivity index (χ1) is 20.5. The molecule has 4 aromatic carbocycles. The summed E-state index contributed by atoms with van der Waals surface area (Å²) in [7, 11) is 0. The molecule has 206 valence electrons. The smallest absolute Gasteiger partial charge is 0.407 e. The molecule has 0 radical (unpaired) electrons. The summed E-state index contributed by atoms with van der Waals surface area (Å²) in [5, 5.41) is 17.6. The molecule has 1 aliphatic heterocycles. The third-order valence-corrected chi connectivity index (χ3v) is 7.51. The molecule has 3 heterocycles. The highest BCUT2D eigenvalue weighted by Gasteiger charge is 2.21. The molecule has 0 aliphatic carbocycles. The van der Waals surface area contributed by atoms with Crippen LogP contribution in [0.25, 0.3) is 33.2 Å². The molecule has 0 saturated heterocycles. The Balaban J connectivity index is 1.06. The number of amides is 2. The first kappa shape index (κ1) is 25.3. The first-order valence-corrected chi connectivity index (χ1v) is 13.5. The van der Waals surface area contributed by atoms with Gasteiger partial charge in [-0.05, 0) is 66.1 Å². The minimum Gasteiger partial charge on any atom is -0.465 e. The van der Waals surface area contributed by atoms with E-state index in [-0.39, 0.29) is 12.5 Å². The van der Waals surface area contributed by atoms with Crippen LogP contribution in [0.15, 0.2) is 102 Å². The molecule has 42 heavy (non-hydrogen) atoms. The zero-order chi connectivity index (χ0) is 28.6. The van der Waals surface area contributed by atoms with Crippen molar-refractivity contribution >= 4 is 51.1 Å². The Bertz CT molecular complexity index is 1980. The standard InChI is InChI=1S/C33H25N5O4/c39-32(21-9-8-20-14-15-38(33(40)41)18-22(20)16-21)37-24-12-10-23(11-13-24)36-30-17-28(34-19-35-30)27-6-3-5-26-25-4-1-2-7-29(25)42-31(26)27/h1-13,16-17,19H,14-15,18H2,(H,37,39)(H,40,41)(H,34,35,36). The summed E-state index contributed by atoms with van der Waals surface area (Å²) < 4.78 is 6.17. The summed E-state index contributed by atoms with van der Waals surface area (Å²) >= 11 is 0. The molecule has 2 aromatic heterocycles. The largest absolute Gasteiger partial charge is 0.465 e. The molecule has 3 N–H and O–H groups in total. The van der Waals surface area contributed by atoms with E-state index in [1.54, 1.807) is 12.1 Å². The number of benzene rings is 4. The predicted octanol–water partition coefficient (Wildman–Crippen LogP) is 7.08. The molecule has 0 fully saturated rings. The van der Waals surface area contributed by atoms with E-state index < -0.39 is 6.09 Å². The number of carbonyl (C=O) groups excluding carboxylic acids is 1. The zero-order valence-corrected chi connectivity index (χ0v) is 22.4. The molecule has 9 heteroatoms. The number of hydrogen-bond donors (Lipinski definition) is 3. The fourth-order valence-electron chi connectivity index (χ4n) is 5.37. The number of rotatable bonds is 5. The highest BCUT2D eigenvalue weighted by molar-refractivity contribution is 6.09. The molecule has 0 bridgehead atoms. The van der Waals surface area contributed by atoms with Crippen molar-refractivity contribution in [2.75, 3.05) is 17.2 Å². The lowest BCUT2D eigenvalue weighted by Gasteiger charge is -2.26. The number of furan rings is 1. The van der Waals surface area contributed by atoms with E-state index in [1.165, 1.54) is 11.2 Å². The third kappa shape index (κ3) is 4.77. The number of nitrogens with zero attached hydrogens (tertiary/aromatic N) is 3. The Labute approximate surface area is 240 Å². The fraction of sp³-hybridized carbons (Fsp3) is 0.0909. The third-order valence-electron chi connectivity index (χ3n) is 7.51. The van der Waals surface area contributed by atoms with Crippen LogP contribution in [-0.2, 0) is 13.0 Å². The van der Waals surface area contributed by atoms with Crippen molar-refractivity contribution in [2.45, 2.75) is 13.0 Å². The molecular weight excluding hydrogens is 530 g/mol. The maximum Gasteiger partial charge on any atom is 0.407 e. The fourth-order valence-corrected chi connectivity index (χ4v) is 5.37. The number of hydrogen-bond acceptors (Lipinski definition) is 6. The lowest BCUT2D eigenvalue weighted by Crippen LogP contribution is -2.34. The van der Waals surface area contributed by atoms with Gasteiger partial charge >= 0.3 is 6.09 Å². The van der Waals surface area contributed by atoms with E-state index >= 15 is 0 Å². The lowest BCUT2D eigenvalue weighted by molar-refractivity contribution is 0.102. The van der Waals surface area contributed by atoms with Gasteiger partial charge in [-0.1, -0.05) is 36.4 Å². The van der Waals surface area contributed by atoms with Crippen molar-refractivity contribution in [3.05, 3.63) is 114 Å². The average molecular weight is 556 g/mol. The normalized spacial score (nSPS) is 12.7. The number of carboxylic acid groups (broad SMARTS) is 1. The molecule has 0 saturated carbocycles. The van der Waals surface area contributed by atoms with Crippen LogP contribution >= 0.6 is 0 Å². The monoisotopic (exact) mass is 555 g/mol. The topological polar surface area (TPSA) is 121 Å². The summed E-state index contributed by atoms with van der Waals surface area (Å²) in [5.41, 5.74) is 7.06. The minimum atomic E-state index is -0.953. The van der Waals surface area contributed by atoms with Crippen molar-refractivity contribution in [2.24, 2.45) is 0 Å². The molecule has 0 atom stereocenters. The van der Waals surface area contributed by atoms with Gasteiger partial charge in [-0.15, -0.1) is 0 Å². The van der Waals surface area contributed by atoms with E-state index in [0.717, 1.165) is 50.0 Å². The summed E-state index contributed by atoms with van der Waals surface area (Å²) in [6, 6.07) is 28.6. The Hall–Kier alpha value is -5.70. The second kappa shape index (κ2) is 10.4. The first-order valence-electron chi connectivity index (χ1n) is 13.5. The number of aromatic nitrogens is 2. The lowest BCUT2D eigenvalue weighted by atomic mass is 9.97. The van der Waals surface area contributed by atoms with Gasteiger partial charge in [-0.25, -0.2) is 14.8 Å². The van der Waals surface area contributed by atoms with Gasteiger partial charge < -0.3 is 25.1 Å². The summed E-state index contributed by atoms with van der Waals surface area (Å²) in [6.07, 6.45) is 1.20. The van der Waals surface area contributed by atoms with Crippen LogP contribution in [0, 0.1) is 0 Å². The Morgan fingerprint density at radius 1 is 0.833 bits per heavy atom. The van der Waals surface area contributed by atoms with Gasteiger partial charge in [0.15, 0.2) is 0 Å². The highest BCUT2D eigenvalue weighted by atomic mass is 16.4. The SMILES string of the molecule is O=C(Nc1ccc(Nc2cc(-c3cccc4c3oc3ccccc34)ncn2)cc1)c1ccc2c(c1)CN(C(=O)O)CC2. The van der Waals surface area contributed by atoms with Crippen molar-refractivity contribution < 1.29 is 19.1 Å². The van der Waals surface area contributed by atoms with E-state index in [0.29, 0.717) is 30.0 Å². The Morgan fingerprint density at radius 3 is 2.50 bits per heavy atom. The Kier molecular flexibility index (Phi) is 6.24. The summed E-state index contributed by atoms with van der Waals surface area (Å²) in [5.74, 6) is 0.362. The predicted molar refractivity (Wildman–Crippen MR) is 161 cm³/mol. The number of fused-ring (bicyclic) bond motifs is 4. The summed E-state index contributed by atoms with van der Waals surface area (Å²) in [6.45, 7) is 0.742. The van der Waals surface area contributed by atoms with Crippen LogP contribution in [0.3, 0.4) is 0 Å². The van der Waals surface area contributed by atoms with Gasteiger partial charge in [0, 0.05) is 52.4 Å². The molecule has 0 spiro atoms. The van der Waals surface area contributed by atoms with Crippen molar-refractivity contribution in [1.82, 2.24) is 14.9 Å². The van der Waals surface area contributed by atoms with E-state index in [4.69, 9.17) is 4.42 Å². The van der Waals surface area contributed by atoms with Crippen molar-refractivity contribution in [1.29, 1.82) is 0 Å². The molecular formula is C33H25N5O4. The van der Waals surface area contributed by atoms with Crippen LogP contribution in [0.1, 0.15) is 21.5 Å². The molecule has 7 rings (SSSR count). The number of nitrogens with one attached hydrogen (secondary N) is 2. The molecule has 0 unspecified atom stereocenters. The molecule has 2 amide bonds. The van der Waals surface area contributed by atoms with Crippen molar-refractivity contribution in [3.8, 4) is 11.3 Å². The maximum absolute atomic E-state index is 12.9. The molecule has 9 nitrogen and oxygen atoms in total. The number of carbonyl (C=O) groups is 2. The zero-order valence-electron chi connectivity index (χ0n) is 22.4. The molecule has 6 aromatic rings. The van der Waals surface area contributed by atoms with Gasteiger partial charge in [-0.2, -0.15) is 0 Å². The van der Waals surface area contributed by atoms with Crippen LogP contribution < -0.4 is 10.6 Å². The highest BCUT2D eigenvalue weighted by Crippen LogP contribution is 2.35. The van der Waals surface area contributed by atoms with Gasteiger partial charge in [0.25, 0.3) is 5.91 Å². The van der Waals surface area contributed by atoms with E-state index in [1.807, 2.05) is 78.9 Å². The van der Waals surface area contributed by atoms with Crippen LogP contribution in [0.5, 0.6) is 0 Å². The van der Waals surface area contributed by atoms with Gasteiger partial charge in [0.1, 0.15) is 23.3 Å². The molecule has 1 aliphatic rings. The number of anilines is 3. The van der Waals surface area contributed by atoms with E-state index in [9.17, 15) is 14.7 Å². The van der Waals surface area contributed by atoms with Crippen LogP contribution in [-0.4, -0.2) is 38.5 Å².